The van der Waals surface area contributed by atoms with Crippen molar-refractivity contribution >= 4 is 95.4 Å². The zero-order valence-corrected chi connectivity index (χ0v) is 40.6. The molecule has 4 heteroatoms. The van der Waals surface area contributed by atoms with Gasteiger partial charge in [0.05, 0.1) is 16.7 Å². The van der Waals surface area contributed by atoms with Gasteiger partial charge in [-0.2, -0.15) is 0 Å². The number of rotatable bonds is 4. The lowest BCUT2D eigenvalue weighted by atomic mass is 9.33. The van der Waals surface area contributed by atoms with Gasteiger partial charge in [0.1, 0.15) is 0 Å². The van der Waals surface area contributed by atoms with E-state index in [9.17, 15) is 0 Å². The lowest BCUT2D eigenvalue weighted by Crippen LogP contribution is -2.77. The van der Waals surface area contributed by atoms with Crippen LogP contribution in [0.2, 0.25) is 0 Å². The number of benzene rings is 9. The van der Waals surface area contributed by atoms with E-state index in [-0.39, 0.29) is 17.5 Å². The summed E-state index contributed by atoms with van der Waals surface area (Å²) in [6.07, 6.45) is 2.01. The molecule has 0 amide bonds. The van der Waals surface area contributed by atoms with Crippen LogP contribution < -0.4 is 37.1 Å². The fraction of sp³-hybridized carbons (Fsp3) is 0.156. The third-order valence-electron chi connectivity index (χ3n) is 16.0. The summed E-state index contributed by atoms with van der Waals surface area (Å²) >= 11 is 0. The average Bonchev–Trinajstić information content (AvgIpc) is 3.95. The summed E-state index contributed by atoms with van der Waals surface area (Å²) in [6.45, 7) is 14.4. The molecule has 15 rings (SSSR count). The van der Waals surface area contributed by atoms with Gasteiger partial charge in [0.2, 0.25) is 0 Å². The van der Waals surface area contributed by atoms with E-state index < -0.39 is 8.07 Å². The molecular weight excluding hydrogens is 836 g/mol. The molecule has 68 heavy (non-hydrogen) atoms. The highest BCUT2D eigenvalue weighted by Gasteiger charge is 2.56. The first-order valence-corrected chi connectivity index (χ1v) is 26.7. The second-order valence-corrected chi connectivity index (χ2v) is 26.5. The summed E-state index contributed by atoms with van der Waals surface area (Å²) in [5.74, 6) is 0. The Balaban J connectivity index is 1.22. The molecule has 0 fully saturated rings. The van der Waals surface area contributed by atoms with Gasteiger partial charge in [-0.05, 0) is 129 Å². The summed E-state index contributed by atoms with van der Waals surface area (Å²) in [5.41, 5.74) is 22.2. The summed E-state index contributed by atoms with van der Waals surface area (Å²) in [7, 11) is -2.96. The molecule has 0 radical (unpaired) electrons. The van der Waals surface area contributed by atoms with Crippen molar-refractivity contribution < 1.29 is 0 Å². The summed E-state index contributed by atoms with van der Waals surface area (Å²) in [4.78, 5) is 0. The van der Waals surface area contributed by atoms with Gasteiger partial charge >= 0.3 is 0 Å². The van der Waals surface area contributed by atoms with Crippen LogP contribution in [-0.2, 0) is 12.8 Å². The van der Waals surface area contributed by atoms with E-state index in [1.807, 2.05) is 0 Å². The lowest BCUT2D eigenvalue weighted by Gasteiger charge is -2.43. The fourth-order valence-corrected chi connectivity index (χ4v) is 19.7. The van der Waals surface area contributed by atoms with Crippen molar-refractivity contribution in [2.75, 3.05) is 0 Å². The Bertz CT molecular complexity index is 4000. The molecule has 0 aliphatic carbocycles. The lowest BCUT2D eigenvalue weighted by molar-refractivity contribution is 0.411. The molecule has 11 aromatic rings. The Kier molecular flexibility index (Phi) is 7.49. The summed E-state index contributed by atoms with van der Waals surface area (Å²) in [6, 6.07) is 69.0. The monoisotopic (exact) mass is 886 g/mol. The summed E-state index contributed by atoms with van der Waals surface area (Å²) < 4.78 is 5.54. The Morgan fingerprint density at radius 2 is 1.03 bits per heavy atom. The fourth-order valence-electron chi connectivity index (χ4n) is 14.1. The van der Waals surface area contributed by atoms with Crippen molar-refractivity contribution in [3.05, 3.63) is 187 Å². The van der Waals surface area contributed by atoms with Crippen molar-refractivity contribution in [3.8, 4) is 44.9 Å². The maximum absolute atomic E-state index is 2.96. The van der Waals surface area contributed by atoms with Crippen LogP contribution in [0, 0.1) is 10.8 Å². The van der Waals surface area contributed by atoms with Gasteiger partial charge in [-0.1, -0.05) is 193 Å². The van der Waals surface area contributed by atoms with Crippen LogP contribution in [0.4, 0.5) is 0 Å². The van der Waals surface area contributed by atoms with Crippen LogP contribution in [0.1, 0.15) is 52.7 Å². The van der Waals surface area contributed by atoms with Gasteiger partial charge in [-0.15, -0.1) is 0 Å². The number of hydrogen-bond donors (Lipinski definition) is 0. The molecule has 0 saturated heterocycles. The van der Waals surface area contributed by atoms with E-state index in [4.69, 9.17) is 0 Å². The third-order valence-corrected chi connectivity index (χ3v) is 20.9. The minimum Gasteiger partial charge on any atom is -0.310 e. The average molecular weight is 887 g/mol. The standard InChI is InChI=1S/C64H51BN2Si/c1-63(2,3)36-38-31-46-47-32-39(37-64(4,5)6)34-54-60(47)67-59(46)49(33-38)65-56-43-24-14-13-23-42(43)35-48-55(40-19-9-7-10-20-40)58(41-21-11-8-12-22-41)66(61(48)56)50-29-30-53(62(67)57(50)65)68(54)51-27-17-15-25-44(51)45-26-16-18-28-52(45)68/h7-35H,36-37H2,1-6H3. The van der Waals surface area contributed by atoms with Crippen molar-refractivity contribution in [1.82, 2.24) is 9.13 Å². The Labute approximate surface area is 399 Å². The molecule has 0 atom stereocenters. The molecule has 2 nitrogen and oxygen atoms in total. The number of nitrogens with zero attached hydrogens (tertiary/aromatic N) is 2. The van der Waals surface area contributed by atoms with Gasteiger partial charge in [0.15, 0.2) is 8.07 Å². The topological polar surface area (TPSA) is 9.86 Å². The number of fused-ring (bicyclic) bond motifs is 13. The first-order valence-electron chi connectivity index (χ1n) is 24.7. The quantitative estimate of drug-likeness (QED) is 0.156. The Hall–Kier alpha value is -7.14. The number of hydrogen-bond acceptors (Lipinski definition) is 0. The maximum atomic E-state index is 2.82. The first-order chi connectivity index (χ1) is 33.0. The van der Waals surface area contributed by atoms with Gasteiger partial charge in [0.25, 0.3) is 6.71 Å². The SMILES string of the molecule is CC(C)(C)Cc1cc2c3c(c1)c1cc(CC(C)(C)C)cc4c1n3-c1c(ccc3c1B2c1c2ccccc2cc2c(-c5ccccc5)c(-c5ccccc5)n-3c12)[Si]41c2ccccc2-c2ccccc21. The Morgan fingerprint density at radius 1 is 0.441 bits per heavy atom. The molecule has 6 heterocycles. The van der Waals surface area contributed by atoms with E-state index >= 15 is 0 Å². The van der Waals surface area contributed by atoms with Crippen LogP contribution >= 0.6 is 0 Å². The van der Waals surface area contributed by atoms with E-state index in [1.54, 1.807) is 5.19 Å². The molecule has 0 bridgehead atoms. The van der Waals surface area contributed by atoms with Crippen LogP contribution in [0.5, 0.6) is 0 Å². The third kappa shape index (κ3) is 4.88. The van der Waals surface area contributed by atoms with E-state index in [1.165, 1.54) is 131 Å². The minimum absolute atomic E-state index is 0.0102. The minimum atomic E-state index is -2.96. The van der Waals surface area contributed by atoms with Crippen molar-refractivity contribution in [2.45, 2.75) is 54.4 Å². The smallest absolute Gasteiger partial charge is 0.253 e. The van der Waals surface area contributed by atoms with E-state index in [0.717, 1.165) is 12.8 Å². The van der Waals surface area contributed by atoms with Gasteiger partial charge < -0.3 is 9.13 Å². The van der Waals surface area contributed by atoms with Crippen LogP contribution in [-0.4, -0.2) is 23.9 Å². The van der Waals surface area contributed by atoms with Gasteiger partial charge in [-0.3, -0.25) is 0 Å². The van der Waals surface area contributed by atoms with E-state index in [0.29, 0.717) is 0 Å². The highest BCUT2D eigenvalue weighted by atomic mass is 28.3. The zero-order chi connectivity index (χ0) is 45.6. The molecule has 0 unspecified atom stereocenters. The van der Waals surface area contributed by atoms with Crippen molar-refractivity contribution in [1.29, 1.82) is 0 Å². The van der Waals surface area contributed by atoms with Crippen molar-refractivity contribution in [2.24, 2.45) is 10.8 Å². The van der Waals surface area contributed by atoms with Gasteiger partial charge in [-0.25, -0.2) is 0 Å². The molecular formula is C64H51BN2Si. The molecule has 0 saturated carbocycles. The highest BCUT2D eigenvalue weighted by Crippen LogP contribution is 2.48. The Morgan fingerprint density at radius 3 is 1.71 bits per heavy atom. The second-order valence-electron chi connectivity index (χ2n) is 22.8. The molecule has 9 aromatic carbocycles. The van der Waals surface area contributed by atoms with E-state index in [2.05, 4.69) is 227 Å². The second kappa shape index (κ2) is 13.1. The van der Waals surface area contributed by atoms with Crippen molar-refractivity contribution in [3.63, 3.8) is 0 Å². The zero-order valence-electron chi connectivity index (χ0n) is 39.6. The summed E-state index contributed by atoms with van der Waals surface area (Å²) in [5, 5.41) is 12.9. The molecule has 324 valence electrons. The molecule has 1 spiro atoms. The van der Waals surface area contributed by atoms with Crippen LogP contribution in [0.25, 0.3) is 88.4 Å². The molecule has 2 aromatic heterocycles. The number of aromatic nitrogens is 2. The van der Waals surface area contributed by atoms with Crippen LogP contribution in [0.3, 0.4) is 0 Å². The predicted molar refractivity (Wildman–Crippen MR) is 293 cm³/mol. The molecule has 0 N–H and O–H groups in total. The molecule has 4 aliphatic heterocycles. The molecule has 4 aliphatic rings. The van der Waals surface area contributed by atoms with Gasteiger partial charge in [0, 0.05) is 38.6 Å². The highest BCUT2D eigenvalue weighted by molar-refractivity contribution is 7.24. The predicted octanol–water partition coefficient (Wildman–Crippen LogP) is 11.2. The largest absolute Gasteiger partial charge is 0.310 e. The van der Waals surface area contributed by atoms with Crippen LogP contribution in [0.15, 0.2) is 176 Å². The normalized spacial score (nSPS) is 14.5. The first kappa shape index (κ1) is 38.9. The maximum Gasteiger partial charge on any atom is 0.253 e.